The van der Waals surface area contributed by atoms with Gasteiger partial charge in [-0.15, -0.1) is 0 Å². The average molecular weight is 499 g/mol. The number of fused-ring (bicyclic) bond motifs is 2. The maximum Gasteiger partial charge on any atom is 0.338 e. The third-order valence-electron chi connectivity index (χ3n) is 5.61. The first-order valence-electron chi connectivity index (χ1n) is 11.0. The number of aromatic nitrogens is 2. The number of esters is 1. The molecule has 0 spiro atoms. The molecule has 0 fully saturated rings. The SMILES string of the molecule is COc1ccc(Cl)cc1C(=O)NNC(=O)COC(=O)c1ccc2c(=O)n3c(nc2c1)CCCCC3. The molecule has 0 atom stereocenters. The Balaban J connectivity index is 1.38. The number of amides is 2. The molecule has 35 heavy (non-hydrogen) atoms. The number of benzene rings is 2. The van der Waals surface area contributed by atoms with Crippen molar-refractivity contribution < 1.29 is 23.9 Å². The number of aryl methyl sites for hydroxylation is 1. The molecule has 2 heterocycles. The summed E-state index contributed by atoms with van der Waals surface area (Å²) in [7, 11) is 1.40. The van der Waals surface area contributed by atoms with E-state index in [1.807, 2.05) is 0 Å². The minimum atomic E-state index is -0.762. The van der Waals surface area contributed by atoms with Crippen LogP contribution in [0, 0.1) is 0 Å². The van der Waals surface area contributed by atoms with Gasteiger partial charge in [0.05, 0.1) is 29.1 Å². The number of nitrogens with zero attached hydrogens (tertiary/aromatic N) is 2. The quantitative estimate of drug-likeness (QED) is 0.408. The van der Waals surface area contributed by atoms with Crippen LogP contribution in [0.5, 0.6) is 5.75 Å². The lowest BCUT2D eigenvalue weighted by Gasteiger charge is -2.12. The van der Waals surface area contributed by atoms with Crippen molar-refractivity contribution in [1.82, 2.24) is 20.4 Å². The minimum absolute atomic E-state index is 0.120. The molecule has 4 rings (SSSR count). The van der Waals surface area contributed by atoms with E-state index in [0.29, 0.717) is 34.7 Å². The normalized spacial score (nSPS) is 12.9. The molecule has 11 heteroatoms. The second kappa shape index (κ2) is 10.6. The highest BCUT2D eigenvalue weighted by molar-refractivity contribution is 6.31. The van der Waals surface area contributed by atoms with E-state index in [9.17, 15) is 19.2 Å². The molecule has 0 saturated heterocycles. The molecule has 10 nitrogen and oxygen atoms in total. The Morgan fingerprint density at radius 2 is 1.91 bits per heavy atom. The summed E-state index contributed by atoms with van der Waals surface area (Å²) in [6, 6.07) is 8.95. The van der Waals surface area contributed by atoms with Crippen LogP contribution in [0.2, 0.25) is 5.02 Å². The standard InChI is InChI=1S/C24H23ClN4O6/c1-34-19-9-7-15(25)12-17(19)22(31)28-27-21(30)13-35-24(33)14-6-8-16-18(11-14)26-20-5-3-2-4-10-29(20)23(16)32/h6-9,11-12H,2-5,10,13H2,1H3,(H,27,30)(H,28,31). The molecular formula is C24H23ClN4O6. The van der Waals surface area contributed by atoms with Gasteiger partial charge in [0, 0.05) is 18.0 Å². The number of hydrogen-bond acceptors (Lipinski definition) is 7. The summed E-state index contributed by atoms with van der Waals surface area (Å²) in [5.41, 5.74) is 4.93. The predicted octanol–water partition coefficient (Wildman–Crippen LogP) is 2.40. The van der Waals surface area contributed by atoms with Crippen molar-refractivity contribution >= 4 is 40.3 Å². The Bertz CT molecular complexity index is 1370. The van der Waals surface area contributed by atoms with E-state index in [-0.39, 0.29) is 22.4 Å². The molecule has 0 aliphatic carbocycles. The largest absolute Gasteiger partial charge is 0.496 e. The molecule has 182 valence electrons. The van der Waals surface area contributed by atoms with Crippen LogP contribution in [-0.2, 0) is 22.5 Å². The summed E-state index contributed by atoms with van der Waals surface area (Å²) in [5, 5.41) is 0.740. The van der Waals surface area contributed by atoms with Crippen LogP contribution in [0.1, 0.15) is 45.8 Å². The fourth-order valence-electron chi connectivity index (χ4n) is 3.85. The lowest BCUT2D eigenvalue weighted by Crippen LogP contribution is -2.43. The number of carbonyl (C=O) groups is 3. The summed E-state index contributed by atoms with van der Waals surface area (Å²) < 4.78 is 11.8. The van der Waals surface area contributed by atoms with Crippen LogP contribution in [-0.4, -0.2) is 41.1 Å². The molecule has 0 bridgehead atoms. The van der Waals surface area contributed by atoms with Gasteiger partial charge in [0.1, 0.15) is 11.6 Å². The van der Waals surface area contributed by atoms with Gasteiger partial charge in [0.2, 0.25) is 0 Å². The number of methoxy groups -OCH3 is 1. The van der Waals surface area contributed by atoms with Crippen molar-refractivity contribution in [1.29, 1.82) is 0 Å². The Hall–Kier alpha value is -3.92. The first-order chi connectivity index (χ1) is 16.9. The van der Waals surface area contributed by atoms with Gasteiger partial charge < -0.3 is 9.47 Å². The van der Waals surface area contributed by atoms with Crippen LogP contribution < -0.4 is 21.1 Å². The van der Waals surface area contributed by atoms with Gasteiger partial charge in [-0.1, -0.05) is 18.0 Å². The zero-order valence-electron chi connectivity index (χ0n) is 18.9. The number of ether oxygens (including phenoxy) is 2. The number of nitrogens with one attached hydrogen (secondary N) is 2. The maximum atomic E-state index is 12.8. The molecular weight excluding hydrogens is 476 g/mol. The van der Waals surface area contributed by atoms with Crippen LogP contribution >= 0.6 is 11.6 Å². The van der Waals surface area contributed by atoms with Crippen molar-refractivity contribution in [3.63, 3.8) is 0 Å². The van der Waals surface area contributed by atoms with E-state index in [1.165, 1.54) is 37.4 Å². The van der Waals surface area contributed by atoms with Crippen molar-refractivity contribution in [2.75, 3.05) is 13.7 Å². The summed E-state index contributed by atoms with van der Waals surface area (Å²) in [4.78, 5) is 54.2. The topological polar surface area (TPSA) is 129 Å². The predicted molar refractivity (Wildman–Crippen MR) is 127 cm³/mol. The molecule has 2 amide bonds. The number of halogens is 1. The molecule has 0 radical (unpaired) electrons. The third kappa shape index (κ3) is 5.43. The van der Waals surface area contributed by atoms with Crippen LogP contribution in [0.4, 0.5) is 0 Å². The van der Waals surface area contributed by atoms with Gasteiger partial charge in [-0.2, -0.15) is 0 Å². The Labute approximate surface area is 205 Å². The van der Waals surface area contributed by atoms with E-state index in [4.69, 9.17) is 21.1 Å². The second-order valence-corrected chi connectivity index (χ2v) is 8.39. The third-order valence-corrected chi connectivity index (χ3v) is 5.84. The summed E-state index contributed by atoms with van der Waals surface area (Å²) >= 11 is 5.91. The number of hydrazine groups is 1. The summed E-state index contributed by atoms with van der Waals surface area (Å²) in [6.07, 6.45) is 3.62. The number of rotatable bonds is 5. The molecule has 0 unspecified atom stereocenters. The molecule has 1 aliphatic rings. The van der Waals surface area contributed by atoms with Crippen LogP contribution in [0.25, 0.3) is 10.9 Å². The molecule has 2 N–H and O–H groups in total. The summed E-state index contributed by atoms with van der Waals surface area (Å²) in [5.74, 6) is -1.20. The number of hydrogen-bond donors (Lipinski definition) is 2. The monoisotopic (exact) mass is 498 g/mol. The van der Waals surface area contributed by atoms with Crippen molar-refractivity contribution in [3.05, 3.63) is 68.7 Å². The first-order valence-corrected chi connectivity index (χ1v) is 11.4. The fraction of sp³-hybridized carbons (Fsp3) is 0.292. The first kappa shape index (κ1) is 24.2. The Kier molecular flexibility index (Phi) is 7.31. The minimum Gasteiger partial charge on any atom is -0.496 e. The number of carbonyl (C=O) groups excluding carboxylic acids is 3. The van der Waals surface area contributed by atoms with Gasteiger partial charge in [-0.25, -0.2) is 9.78 Å². The molecule has 2 aromatic carbocycles. The van der Waals surface area contributed by atoms with Crippen LogP contribution in [0.15, 0.2) is 41.2 Å². The highest BCUT2D eigenvalue weighted by Crippen LogP contribution is 2.22. The van der Waals surface area contributed by atoms with E-state index in [2.05, 4.69) is 15.8 Å². The zero-order valence-corrected chi connectivity index (χ0v) is 19.7. The van der Waals surface area contributed by atoms with E-state index in [1.54, 1.807) is 10.6 Å². The van der Waals surface area contributed by atoms with Crippen molar-refractivity contribution in [2.45, 2.75) is 32.2 Å². The maximum absolute atomic E-state index is 12.8. The van der Waals surface area contributed by atoms with E-state index in [0.717, 1.165) is 19.3 Å². The highest BCUT2D eigenvalue weighted by atomic mass is 35.5. The Morgan fingerprint density at radius 3 is 2.71 bits per heavy atom. The van der Waals surface area contributed by atoms with Gasteiger partial charge >= 0.3 is 5.97 Å². The van der Waals surface area contributed by atoms with E-state index >= 15 is 0 Å². The van der Waals surface area contributed by atoms with Gasteiger partial charge in [0.15, 0.2) is 6.61 Å². The van der Waals surface area contributed by atoms with Gasteiger partial charge in [0.25, 0.3) is 17.4 Å². The smallest absolute Gasteiger partial charge is 0.338 e. The lowest BCUT2D eigenvalue weighted by atomic mass is 10.1. The van der Waals surface area contributed by atoms with Gasteiger partial charge in [-0.3, -0.25) is 29.8 Å². The van der Waals surface area contributed by atoms with Crippen molar-refractivity contribution in [2.24, 2.45) is 0 Å². The molecule has 1 aromatic heterocycles. The molecule has 3 aromatic rings. The zero-order chi connectivity index (χ0) is 24.9. The lowest BCUT2D eigenvalue weighted by molar-refractivity contribution is -0.125. The van der Waals surface area contributed by atoms with E-state index < -0.39 is 24.4 Å². The molecule has 0 saturated carbocycles. The van der Waals surface area contributed by atoms with Gasteiger partial charge in [-0.05, 0) is 49.2 Å². The summed E-state index contributed by atoms with van der Waals surface area (Å²) in [6.45, 7) is 0.000742. The highest BCUT2D eigenvalue weighted by Gasteiger charge is 2.17. The second-order valence-electron chi connectivity index (χ2n) is 7.95. The van der Waals surface area contributed by atoms with Crippen molar-refractivity contribution in [3.8, 4) is 5.75 Å². The average Bonchev–Trinajstić information content (AvgIpc) is 3.11. The Morgan fingerprint density at radius 1 is 1.09 bits per heavy atom. The van der Waals surface area contributed by atoms with Crippen LogP contribution in [0.3, 0.4) is 0 Å². The molecule has 1 aliphatic heterocycles. The fourth-order valence-corrected chi connectivity index (χ4v) is 4.02.